The average Bonchev–Trinajstić information content (AvgIpc) is 3.12. The van der Waals surface area contributed by atoms with Crippen LogP contribution in [-0.2, 0) is 21.3 Å². The van der Waals surface area contributed by atoms with Gasteiger partial charge >= 0.3 is 6.18 Å². The number of hydrogen-bond donors (Lipinski definition) is 0. The number of benzene rings is 1. The van der Waals surface area contributed by atoms with E-state index in [0.717, 1.165) is 6.07 Å². The summed E-state index contributed by atoms with van der Waals surface area (Å²) in [7, 11) is 0. The van der Waals surface area contributed by atoms with Crippen molar-refractivity contribution in [2.45, 2.75) is 24.3 Å². The summed E-state index contributed by atoms with van der Waals surface area (Å²) in [6.45, 7) is 0.417. The van der Waals surface area contributed by atoms with Crippen LogP contribution in [0.25, 0.3) is 0 Å². The number of carbonyl (C=O) groups excluding carboxylic acids is 1. The Morgan fingerprint density at radius 1 is 1.25 bits per heavy atom. The van der Waals surface area contributed by atoms with Gasteiger partial charge in [-0.15, -0.1) is 0 Å². The lowest BCUT2D eigenvalue weighted by atomic mass is 9.85. The van der Waals surface area contributed by atoms with Crippen LogP contribution in [0.4, 0.5) is 17.6 Å². The molecule has 0 bridgehead atoms. The van der Waals surface area contributed by atoms with Crippen molar-refractivity contribution >= 4 is 5.91 Å². The molecule has 0 radical (unpaired) electrons. The molecule has 0 N–H and O–H groups in total. The van der Waals surface area contributed by atoms with Gasteiger partial charge in [-0.05, 0) is 30.3 Å². The molecule has 2 fully saturated rings. The summed E-state index contributed by atoms with van der Waals surface area (Å²) < 4.78 is 63.8. The third-order valence-corrected chi connectivity index (χ3v) is 5.15. The highest BCUT2D eigenvalue weighted by atomic mass is 19.4. The van der Waals surface area contributed by atoms with Gasteiger partial charge in [-0.3, -0.25) is 9.78 Å². The van der Waals surface area contributed by atoms with Crippen molar-refractivity contribution in [2.24, 2.45) is 0 Å². The van der Waals surface area contributed by atoms with Crippen LogP contribution in [0, 0.1) is 5.82 Å². The van der Waals surface area contributed by atoms with Gasteiger partial charge in [-0.2, -0.15) is 13.2 Å². The Labute approximate surface area is 157 Å². The quantitative estimate of drug-likeness (QED) is 0.731. The number of ether oxygens (including phenoxy) is 2. The Morgan fingerprint density at radius 2 is 2.07 bits per heavy atom. The molecule has 0 aliphatic carbocycles. The molecule has 0 unspecified atom stereocenters. The minimum Gasteiger partial charge on any atom is -0.347 e. The summed E-state index contributed by atoms with van der Waals surface area (Å²) in [6.07, 6.45) is -3.35. The Balaban J connectivity index is 1.57. The second-order valence-electron chi connectivity index (χ2n) is 6.72. The molecule has 2 atom stereocenters. The number of rotatable bonds is 2. The Hall–Kier alpha value is -2.52. The molecular weight excluding hydrogens is 380 g/mol. The van der Waals surface area contributed by atoms with Crippen molar-refractivity contribution < 1.29 is 31.8 Å². The lowest BCUT2D eigenvalue weighted by molar-refractivity contribution is -0.140. The summed E-state index contributed by atoms with van der Waals surface area (Å²) >= 11 is 0. The van der Waals surface area contributed by atoms with E-state index in [0.29, 0.717) is 24.2 Å². The zero-order valence-corrected chi connectivity index (χ0v) is 14.6. The van der Waals surface area contributed by atoms with Gasteiger partial charge in [-0.25, -0.2) is 4.39 Å². The van der Waals surface area contributed by atoms with Gasteiger partial charge in [0.2, 0.25) is 0 Å². The summed E-state index contributed by atoms with van der Waals surface area (Å²) in [5, 5.41) is 0. The largest absolute Gasteiger partial charge is 0.419 e. The number of hydrogen-bond acceptors (Lipinski definition) is 4. The van der Waals surface area contributed by atoms with E-state index in [2.05, 4.69) is 4.98 Å². The van der Waals surface area contributed by atoms with Crippen LogP contribution in [0.1, 0.15) is 28.0 Å². The minimum atomic E-state index is -4.88. The Bertz CT molecular complexity index is 890. The van der Waals surface area contributed by atoms with E-state index in [9.17, 15) is 22.4 Å². The summed E-state index contributed by atoms with van der Waals surface area (Å²) in [6, 6.07) is 7.67. The minimum absolute atomic E-state index is 0.0397. The fourth-order valence-electron chi connectivity index (χ4n) is 3.70. The molecule has 1 aromatic heterocycles. The standard InChI is InChI=1S/C19H16F4N2O3/c20-14-5-4-12(9-13(14)19(21,22)23)17(26)25-8-6-18(15-3-1-2-7-24-15)16(10-25)27-11-28-18/h1-5,7,9,16H,6,8,10-11H2/t16-,18-/m1/s1. The van der Waals surface area contributed by atoms with E-state index in [-0.39, 0.29) is 25.4 Å². The lowest BCUT2D eigenvalue weighted by Gasteiger charge is -2.41. The smallest absolute Gasteiger partial charge is 0.347 e. The van der Waals surface area contributed by atoms with E-state index in [4.69, 9.17) is 9.47 Å². The molecule has 1 aromatic carbocycles. The zero-order chi connectivity index (χ0) is 19.9. The maximum Gasteiger partial charge on any atom is 0.419 e. The van der Waals surface area contributed by atoms with E-state index in [1.54, 1.807) is 12.3 Å². The molecule has 5 nitrogen and oxygen atoms in total. The van der Waals surface area contributed by atoms with E-state index >= 15 is 0 Å². The second-order valence-corrected chi connectivity index (χ2v) is 6.72. The fraction of sp³-hybridized carbons (Fsp3) is 0.368. The van der Waals surface area contributed by atoms with Crippen molar-refractivity contribution in [1.82, 2.24) is 9.88 Å². The molecule has 4 rings (SSSR count). The number of carbonyl (C=O) groups is 1. The number of likely N-dealkylation sites (tertiary alicyclic amines) is 1. The SMILES string of the molecule is O=C(c1ccc(F)c(C(F)(F)F)c1)N1CC[C@]2(c3ccccn3)OCO[C@@H]2C1. The van der Waals surface area contributed by atoms with Crippen molar-refractivity contribution in [1.29, 1.82) is 0 Å². The topological polar surface area (TPSA) is 51.7 Å². The summed E-state index contributed by atoms with van der Waals surface area (Å²) in [5.74, 6) is -2.03. The van der Waals surface area contributed by atoms with Crippen molar-refractivity contribution in [2.75, 3.05) is 19.9 Å². The maximum absolute atomic E-state index is 13.5. The first-order chi connectivity index (χ1) is 13.3. The highest BCUT2D eigenvalue weighted by molar-refractivity contribution is 5.94. The number of piperidine rings is 1. The maximum atomic E-state index is 13.5. The van der Waals surface area contributed by atoms with Gasteiger partial charge in [-0.1, -0.05) is 6.07 Å². The van der Waals surface area contributed by atoms with E-state index in [1.165, 1.54) is 4.90 Å². The van der Waals surface area contributed by atoms with Crippen LogP contribution in [0.15, 0.2) is 42.6 Å². The number of amides is 1. The number of alkyl halides is 3. The van der Waals surface area contributed by atoms with Crippen LogP contribution in [0.5, 0.6) is 0 Å². The molecule has 148 valence electrons. The molecule has 9 heteroatoms. The number of aromatic nitrogens is 1. The van der Waals surface area contributed by atoms with Gasteiger partial charge in [0.25, 0.3) is 5.91 Å². The third-order valence-electron chi connectivity index (χ3n) is 5.15. The van der Waals surface area contributed by atoms with Gasteiger partial charge < -0.3 is 14.4 Å². The molecule has 0 saturated carbocycles. The molecule has 2 aliphatic rings. The number of halogens is 4. The zero-order valence-electron chi connectivity index (χ0n) is 14.6. The van der Waals surface area contributed by atoms with Crippen LogP contribution < -0.4 is 0 Å². The summed E-state index contributed by atoms with van der Waals surface area (Å²) in [4.78, 5) is 18.5. The first-order valence-electron chi connectivity index (χ1n) is 8.64. The normalized spacial score (nSPS) is 24.9. The van der Waals surface area contributed by atoms with E-state index in [1.807, 2.05) is 12.1 Å². The monoisotopic (exact) mass is 396 g/mol. The number of fused-ring (bicyclic) bond motifs is 1. The van der Waals surface area contributed by atoms with Crippen molar-refractivity contribution in [3.05, 3.63) is 65.2 Å². The average molecular weight is 396 g/mol. The molecular formula is C19H16F4N2O3. The Kier molecular flexibility index (Phi) is 4.59. The van der Waals surface area contributed by atoms with Crippen molar-refractivity contribution in [3.8, 4) is 0 Å². The second kappa shape index (κ2) is 6.82. The van der Waals surface area contributed by atoms with Crippen LogP contribution >= 0.6 is 0 Å². The number of pyridine rings is 1. The first kappa shape index (κ1) is 18.8. The van der Waals surface area contributed by atoms with Gasteiger partial charge in [0.05, 0.1) is 17.8 Å². The highest BCUT2D eigenvalue weighted by Crippen LogP contribution is 2.42. The van der Waals surface area contributed by atoms with Crippen LogP contribution in [0.3, 0.4) is 0 Å². The molecule has 2 saturated heterocycles. The fourth-order valence-corrected chi connectivity index (χ4v) is 3.70. The predicted octanol–water partition coefficient (Wildman–Crippen LogP) is 3.35. The molecule has 3 heterocycles. The van der Waals surface area contributed by atoms with Gasteiger partial charge in [0, 0.05) is 24.7 Å². The van der Waals surface area contributed by atoms with Gasteiger partial charge in [0.1, 0.15) is 24.3 Å². The molecule has 2 aliphatic heterocycles. The lowest BCUT2D eigenvalue weighted by Crippen LogP contribution is -2.53. The number of nitrogens with zero attached hydrogens (tertiary/aromatic N) is 2. The molecule has 0 spiro atoms. The van der Waals surface area contributed by atoms with Crippen LogP contribution in [0.2, 0.25) is 0 Å². The van der Waals surface area contributed by atoms with Crippen molar-refractivity contribution in [3.63, 3.8) is 0 Å². The predicted molar refractivity (Wildman–Crippen MR) is 88.7 cm³/mol. The molecule has 1 amide bonds. The summed E-state index contributed by atoms with van der Waals surface area (Å²) in [5.41, 5.74) is -1.79. The third kappa shape index (κ3) is 3.14. The highest BCUT2D eigenvalue weighted by Gasteiger charge is 2.52. The molecule has 2 aromatic rings. The molecule has 28 heavy (non-hydrogen) atoms. The van der Waals surface area contributed by atoms with E-state index < -0.39 is 35.2 Å². The van der Waals surface area contributed by atoms with Crippen LogP contribution in [-0.4, -0.2) is 41.8 Å². The first-order valence-corrected chi connectivity index (χ1v) is 8.64. The van der Waals surface area contributed by atoms with Gasteiger partial charge in [0.15, 0.2) is 0 Å². The Morgan fingerprint density at radius 3 is 2.79 bits per heavy atom.